The van der Waals surface area contributed by atoms with Crippen LogP contribution in [0.3, 0.4) is 0 Å². The van der Waals surface area contributed by atoms with Crippen molar-refractivity contribution in [1.29, 1.82) is 0 Å². The van der Waals surface area contributed by atoms with Gasteiger partial charge in [0.15, 0.2) is 0 Å². The fourth-order valence-electron chi connectivity index (χ4n) is 2.58. The van der Waals surface area contributed by atoms with Gasteiger partial charge in [0.25, 0.3) is 0 Å². The molecule has 3 heteroatoms. The van der Waals surface area contributed by atoms with E-state index in [1.54, 1.807) is 0 Å². The molecule has 0 aromatic rings. The van der Waals surface area contributed by atoms with Crippen LogP contribution in [-0.2, 0) is 4.74 Å². The highest BCUT2D eigenvalue weighted by molar-refractivity contribution is 4.81. The normalized spacial score (nSPS) is 35.8. The highest BCUT2D eigenvalue weighted by Crippen LogP contribution is 2.23. The Kier molecular flexibility index (Phi) is 3.79. The average molecular weight is 198 g/mol. The van der Waals surface area contributed by atoms with Crippen molar-refractivity contribution in [2.45, 2.75) is 31.7 Å². The summed E-state index contributed by atoms with van der Waals surface area (Å²) in [5.74, 6) is 0.738. The Bertz CT molecular complexity index is 169. The van der Waals surface area contributed by atoms with Gasteiger partial charge in [0.1, 0.15) is 0 Å². The van der Waals surface area contributed by atoms with Crippen LogP contribution in [-0.4, -0.2) is 43.8 Å². The number of rotatable bonds is 2. The molecule has 0 bridgehead atoms. The Balaban J connectivity index is 1.76. The van der Waals surface area contributed by atoms with E-state index >= 15 is 0 Å². The highest BCUT2D eigenvalue weighted by Gasteiger charge is 2.24. The maximum absolute atomic E-state index is 6.14. The van der Waals surface area contributed by atoms with Crippen molar-refractivity contribution in [2.24, 2.45) is 11.7 Å². The molecular weight excluding hydrogens is 176 g/mol. The molecule has 0 radical (unpaired) electrons. The molecule has 2 unspecified atom stereocenters. The summed E-state index contributed by atoms with van der Waals surface area (Å²) in [5.41, 5.74) is 6.14. The summed E-state index contributed by atoms with van der Waals surface area (Å²) < 4.78 is 5.34. The molecule has 1 saturated heterocycles. The molecule has 0 aromatic carbocycles. The molecule has 2 N–H and O–H groups in total. The van der Waals surface area contributed by atoms with E-state index in [4.69, 9.17) is 10.5 Å². The van der Waals surface area contributed by atoms with Crippen LogP contribution in [0.4, 0.5) is 0 Å². The first-order valence-corrected chi connectivity index (χ1v) is 5.92. The lowest BCUT2D eigenvalue weighted by Gasteiger charge is -2.35. The zero-order valence-corrected chi connectivity index (χ0v) is 8.95. The van der Waals surface area contributed by atoms with Gasteiger partial charge in [-0.15, -0.1) is 0 Å². The van der Waals surface area contributed by atoms with E-state index in [1.807, 2.05) is 0 Å². The van der Waals surface area contributed by atoms with Gasteiger partial charge in [-0.25, -0.2) is 0 Å². The van der Waals surface area contributed by atoms with E-state index in [0.717, 1.165) is 32.2 Å². The molecule has 14 heavy (non-hydrogen) atoms. The van der Waals surface area contributed by atoms with E-state index in [0.29, 0.717) is 6.04 Å². The minimum absolute atomic E-state index is 0.451. The van der Waals surface area contributed by atoms with E-state index < -0.39 is 0 Å². The summed E-state index contributed by atoms with van der Waals surface area (Å²) in [7, 11) is 0. The quantitative estimate of drug-likeness (QED) is 0.714. The Morgan fingerprint density at radius 3 is 2.57 bits per heavy atom. The number of hydrogen-bond donors (Lipinski definition) is 1. The number of nitrogens with zero attached hydrogens (tertiary/aromatic N) is 1. The SMILES string of the molecule is NC1CCCCC1CN1CCOCC1. The number of nitrogens with two attached hydrogens (primary N) is 1. The van der Waals surface area contributed by atoms with Crippen molar-refractivity contribution in [1.82, 2.24) is 4.90 Å². The second-order valence-electron chi connectivity index (χ2n) is 4.62. The van der Waals surface area contributed by atoms with Gasteiger partial charge in [0, 0.05) is 25.7 Å². The van der Waals surface area contributed by atoms with Crippen molar-refractivity contribution in [2.75, 3.05) is 32.8 Å². The lowest BCUT2D eigenvalue weighted by atomic mass is 9.84. The van der Waals surface area contributed by atoms with Gasteiger partial charge < -0.3 is 10.5 Å². The van der Waals surface area contributed by atoms with Crippen molar-refractivity contribution in [3.05, 3.63) is 0 Å². The molecule has 82 valence electrons. The number of morpholine rings is 1. The molecule has 0 amide bonds. The molecule has 2 rings (SSSR count). The van der Waals surface area contributed by atoms with Crippen LogP contribution in [0.5, 0.6) is 0 Å². The summed E-state index contributed by atoms with van der Waals surface area (Å²) in [6, 6.07) is 0.451. The third-order valence-corrected chi connectivity index (χ3v) is 3.56. The minimum Gasteiger partial charge on any atom is -0.379 e. The number of hydrogen-bond acceptors (Lipinski definition) is 3. The zero-order valence-electron chi connectivity index (χ0n) is 8.95. The van der Waals surface area contributed by atoms with Gasteiger partial charge in [0.05, 0.1) is 13.2 Å². The maximum Gasteiger partial charge on any atom is 0.0594 e. The van der Waals surface area contributed by atoms with Crippen LogP contribution < -0.4 is 5.73 Å². The van der Waals surface area contributed by atoms with Crippen molar-refractivity contribution in [3.63, 3.8) is 0 Å². The third-order valence-electron chi connectivity index (χ3n) is 3.56. The molecule has 3 nitrogen and oxygen atoms in total. The summed E-state index contributed by atoms with van der Waals surface area (Å²) in [4.78, 5) is 2.51. The average Bonchev–Trinajstić information content (AvgIpc) is 2.23. The Hall–Kier alpha value is -0.120. The van der Waals surface area contributed by atoms with Crippen LogP contribution >= 0.6 is 0 Å². The van der Waals surface area contributed by atoms with Crippen LogP contribution in [0.1, 0.15) is 25.7 Å². The smallest absolute Gasteiger partial charge is 0.0594 e. The monoisotopic (exact) mass is 198 g/mol. The van der Waals surface area contributed by atoms with Gasteiger partial charge in [-0.05, 0) is 18.8 Å². The van der Waals surface area contributed by atoms with Gasteiger partial charge >= 0.3 is 0 Å². The molecule has 1 aliphatic carbocycles. The lowest BCUT2D eigenvalue weighted by Crippen LogP contribution is -2.45. The van der Waals surface area contributed by atoms with Gasteiger partial charge in [0.2, 0.25) is 0 Å². The van der Waals surface area contributed by atoms with E-state index in [-0.39, 0.29) is 0 Å². The molecule has 1 aliphatic heterocycles. The number of ether oxygens (including phenoxy) is 1. The summed E-state index contributed by atoms with van der Waals surface area (Å²) in [5, 5.41) is 0. The summed E-state index contributed by atoms with van der Waals surface area (Å²) in [6.45, 7) is 5.21. The molecule has 0 aromatic heterocycles. The van der Waals surface area contributed by atoms with Crippen LogP contribution in [0.15, 0.2) is 0 Å². The molecule has 1 heterocycles. The van der Waals surface area contributed by atoms with E-state index in [1.165, 1.54) is 32.2 Å². The van der Waals surface area contributed by atoms with Crippen LogP contribution in [0.25, 0.3) is 0 Å². The molecule has 2 aliphatic rings. The summed E-state index contributed by atoms with van der Waals surface area (Å²) >= 11 is 0. The van der Waals surface area contributed by atoms with Crippen LogP contribution in [0, 0.1) is 5.92 Å². The predicted octanol–water partition coefficient (Wildman–Crippen LogP) is 0.836. The second-order valence-corrected chi connectivity index (χ2v) is 4.62. The molecule has 2 fully saturated rings. The topological polar surface area (TPSA) is 38.5 Å². The fourth-order valence-corrected chi connectivity index (χ4v) is 2.58. The first-order valence-electron chi connectivity index (χ1n) is 5.92. The van der Waals surface area contributed by atoms with Crippen molar-refractivity contribution >= 4 is 0 Å². The predicted molar refractivity (Wildman–Crippen MR) is 57.2 cm³/mol. The molecule has 2 atom stereocenters. The minimum atomic E-state index is 0.451. The first kappa shape index (κ1) is 10.4. The van der Waals surface area contributed by atoms with Gasteiger partial charge in [-0.2, -0.15) is 0 Å². The third kappa shape index (κ3) is 2.69. The second kappa shape index (κ2) is 5.10. The molecule has 0 spiro atoms. The molecule has 1 saturated carbocycles. The van der Waals surface area contributed by atoms with Gasteiger partial charge in [-0.3, -0.25) is 4.90 Å². The van der Waals surface area contributed by atoms with E-state index in [9.17, 15) is 0 Å². The fraction of sp³-hybridized carbons (Fsp3) is 1.00. The van der Waals surface area contributed by atoms with Crippen molar-refractivity contribution < 1.29 is 4.74 Å². The van der Waals surface area contributed by atoms with Gasteiger partial charge in [-0.1, -0.05) is 12.8 Å². The highest BCUT2D eigenvalue weighted by atomic mass is 16.5. The lowest BCUT2D eigenvalue weighted by molar-refractivity contribution is 0.0260. The largest absolute Gasteiger partial charge is 0.379 e. The zero-order chi connectivity index (χ0) is 9.80. The Labute approximate surface area is 86.6 Å². The van der Waals surface area contributed by atoms with E-state index in [2.05, 4.69) is 4.90 Å². The maximum atomic E-state index is 6.14. The standard InChI is InChI=1S/C11H22N2O/c12-11-4-2-1-3-10(11)9-13-5-7-14-8-6-13/h10-11H,1-9,12H2. The molecular formula is C11H22N2O. The van der Waals surface area contributed by atoms with Crippen LogP contribution in [0.2, 0.25) is 0 Å². The first-order chi connectivity index (χ1) is 6.86. The Morgan fingerprint density at radius 1 is 1.14 bits per heavy atom. The Morgan fingerprint density at radius 2 is 1.86 bits per heavy atom. The summed E-state index contributed by atoms with van der Waals surface area (Å²) in [6.07, 6.45) is 5.27. The van der Waals surface area contributed by atoms with Crippen molar-refractivity contribution in [3.8, 4) is 0 Å².